The Morgan fingerprint density at radius 2 is 2.16 bits per heavy atom. The highest BCUT2D eigenvalue weighted by atomic mass is 127. The van der Waals surface area contributed by atoms with Gasteiger partial charge >= 0.3 is 0 Å². The molecule has 0 spiro atoms. The molecule has 1 aliphatic carbocycles. The second-order valence-electron chi connectivity index (χ2n) is 4.96. The second-order valence-corrected chi connectivity index (χ2v) is 6.04. The van der Waals surface area contributed by atoms with Gasteiger partial charge in [0.2, 0.25) is 0 Å². The molecule has 6 heteroatoms. The minimum Gasteiger partial charge on any atom is -0.331 e. The van der Waals surface area contributed by atoms with E-state index in [0.717, 1.165) is 22.1 Å². The van der Waals surface area contributed by atoms with Crippen molar-refractivity contribution in [1.29, 1.82) is 0 Å². The number of nitrogens with one attached hydrogen (secondary N) is 1. The van der Waals surface area contributed by atoms with Crippen molar-refractivity contribution in [3.05, 3.63) is 32.0 Å². The van der Waals surface area contributed by atoms with Gasteiger partial charge in [0.15, 0.2) is 11.6 Å². The van der Waals surface area contributed by atoms with Crippen LogP contribution < -0.4 is 5.56 Å². The van der Waals surface area contributed by atoms with Crippen LogP contribution in [-0.2, 0) is 7.05 Å². The molecule has 0 saturated heterocycles. The maximum absolute atomic E-state index is 12.1. The maximum Gasteiger partial charge on any atom is 0.264 e. The summed E-state index contributed by atoms with van der Waals surface area (Å²) in [5, 5.41) is 0. The van der Waals surface area contributed by atoms with Crippen LogP contribution in [0, 0.1) is 3.57 Å². The van der Waals surface area contributed by atoms with Crippen molar-refractivity contribution in [1.82, 2.24) is 19.5 Å². The molecule has 0 unspecified atom stereocenters. The van der Waals surface area contributed by atoms with Gasteiger partial charge in [0.25, 0.3) is 5.56 Å². The molecule has 0 amide bonds. The van der Waals surface area contributed by atoms with Gasteiger partial charge in [0.05, 0.1) is 5.69 Å². The average molecular weight is 370 g/mol. The Labute approximate surface area is 124 Å². The van der Waals surface area contributed by atoms with E-state index < -0.39 is 0 Å². The minimum atomic E-state index is -0.0597. The van der Waals surface area contributed by atoms with E-state index in [-0.39, 0.29) is 5.56 Å². The molecule has 1 N–H and O–H groups in total. The minimum absolute atomic E-state index is 0.0597. The number of imidazole rings is 1. The Morgan fingerprint density at radius 1 is 1.42 bits per heavy atom. The van der Waals surface area contributed by atoms with Gasteiger partial charge in [-0.2, -0.15) is 0 Å². The molecular weight excluding hydrogens is 355 g/mol. The lowest BCUT2D eigenvalue weighted by atomic mass is 10.0. The summed E-state index contributed by atoms with van der Waals surface area (Å²) in [5.74, 6) is 1.70. The Hall–Kier alpha value is -1.18. The van der Waals surface area contributed by atoms with E-state index in [1.54, 1.807) is 6.20 Å². The van der Waals surface area contributed by atoms with Gasteiger partial charge in [-0.1, -0.05) is 12.8 Å². The maximum atomic E-state index is 12.1. The fraction of sp³-hybridized carbons (Fsp3) is 0.462. The van der Waals surface area contributed by atoms with E-state index in [1.165, 1.54) is 12.8 Å². The highest BCUT2D eigenvalue weighted by Crippen LogP contribution is 2.34. The number of nitrogens with zero attached hydrogens (tertiary/aromatic N) is 3. The predicted octanol–water partition coefficient (Wildman–Crippen LogP) is 2.43. The van der Waals surface area contributed by atoms with Gasteiger partial charge in [0, 0.05) is 25.4 Å². The van der Waals surface area contributed by atoms with Crippen molar-refractivity contribution in [2.45, 2.75) is 31.6 Å². The van der Waals surface area contributed by atoms with Crippen LogP contribution in [0.15, 0.2) is 17.2 Å². The fourth-order valence-electron chi connectivity index (χ4n) is 2.65. The van der Waals surface area contributed by atoms with Crippen LogP contribution in [0.4, 0.5) is 0 Å². The lowest BCUT2D eigenvalue weighted by Crippen LogP contribution is -2.18. The van der Waals surface area contributed by atoms with E-state index >= 15 is 0 Å². The van der Waals surface area contributed by atoms with Crippen LogP contribution in [0.5, 0.6) is 0 Å². The van der Waals surface area contributed by atoms with Crippen molar-refractivity contribution < 1.29 is 0 Å². The van der Waals surface area contributed by atoms with Crippen molar-refractivity contribution in [3.8, 4) is 11.6 Å². The zero-order valence-corrected chi connectivity index (χ0v) is 12.8. The van der Waals surface area contributed by atoms with Crippen LogP contribution in [0.1, 0.15) is 37.3 Å². The van der Waals surface area contributed by atoms with Crippen LogP contribution >= 0.6 is 22.6 Å². The number of hydrogen-bond donors (Lipinski definition) is 1. The molecule has 2 heterocycles. The standard InChI is InChI=1S/C13H15IN4O/c1-18-7-6-15-12(18)11-16-10(8-4-2-3-5-8)9(14)13(19)17-11/h6-8H,2-5H2,1H3,(H,16,17,19). The molecule has 19 heavy (non-hydrogen) atoms. The molecule has 0 aliphatic heterocycles. The normalized spacial score (nSPS) is 16.1. The molecule has 0 bridgehead atoms. The number of aromatic nitrogens is 4. The van der Waals surface area contributed by atoms with Gasteiger partial charge in [-0.25, -0.2) is 9.97 Å². The van der Waals surface area contributed by atoms with Gasteiger partial charge in [0.1, 0.15) is 3.57 Å². The number of aromatic amines is 1. The number of rotatable bonds is 2. The topological polar surface area (TPSA) is 63.6 Å². The SMILES string of the molecule is Cn1ccnc1-c1nc(C2CCCC2)c(I)c(=O)[nH]1. The molecule has 0 radical (unpaired) electrons. The fourth-order valence-corrected chi connectivity index (χ4v) is 3.34. The zero-order valence-electron chi connectivity index (χ0n) is 10.7. The number of hydrogen-bond acceptors (Lipinski definition) is 3. The van der Waals surface area contributed by atoms with Crippen LogP contribution in [0.3, 0.4) is 0 Å². The zero-order chi connectivity index (χ0) is 13.4. The molecule has 0 atom stereocenters. The molecule has 100 valence electrons. The summed E-state index contributed by atoms with van der Waals surface area (Å²) < 4.78 is 2.59. The van der Waals surface area contributed by atoms with E-state index in [4.69, 9.17) is 0 Å². The van der Waals surface area contributed by atoms with Crippen molar-refractivity contribution in [3.63, 3.8) is 0 Å². The van der Waals surface area contributed by atoms with Gasteiger partial charge in [-0.15, -0.1) is 0 Å². The van der Waals surface area contributed by atoms with Gasteiger partial charge < -0.3 is 9.55 Å². The van der Waals surface area contributed by atoms with E-state index in [0.29, 0.717) is 17.6 Å². The summed E-state index contributed by atoms with van der Waals surface area (Å²) in [6, 6.07) is 0. The van der Waals surface area contributed by atoms with Gasteiger partial charge in [-0.3, -0.25) is 4.79 Å². The molecule has 1 fully saturated rings. The molecule has 0 aromatic carbocycles. The van der Waals surface area contributed by atoms with Crippen LogP contribution in [0.25, 0.3) is 11.6 Å². The third kappa shape index (κ3) is 2.33. The summed E-state index contributed by atoms with van der Waals surface area (Å²) in [6.45, 7) is 0. The molecule has 2 aromatic rings. The first kappa shape index (κ1) is 12.8. The van der Waals surface area contributed by atoms with Gasteiger partial charge in [-0.05, 0) is 35.4 Å². The molecule has 1 aliphatic rings. The Bertz CT molecular complexity index is 655. The van der Waals surface area contributed by atoms with Crippen molar-refractivity contribution >= 4 is 22.6 Å². The highest BCUT2D eigenvalue weighted by molar-refractivity contribution is 14.1. The average Bonchev–Trinajstić information content (AvgIpc) is 3.03. The monoisotopic (exact) mass is 370 g/mol. The second kappa shape index (κ2) is 5.07. The third-order valence-corrected chi connectivity index (χ3v) is 4.71. The Morgan fingerprint density at radius 3 is 2.79 bits per heavy atom. The molecule has 5 nitrogen and oxygen atoms in total. The predicted molar refractivity (Wildman–Crippen MR) is 81.0 cm³/mol. The quantitative estimate of drug-likeness (QED) is 0.826. The smallest absolute Gasteiger partial charge is 0.264 e. The number of halogens is 1. The molecule has 2 aromatic heterocycles. The summed E-state index contributed by atoms with van der Waals surface area (Å²) in [4.78, 5) is 23.8. The summed E-state index contributed by atoms with van der Waals surface area (Å²) in [7, 11) is 1.90. The largest absolute Gasteiger partial charge is 0.331 e. The first-order chi connectivity index (χ1) is 9.16. The molecule has 3 rings (SSSR count). The summed E-state index contributed by atoms with van der Waals surface area (Å²) >= 11 is 2.10. The lowest BCUT2D eigenvalue weighted by Gasteiger charge is -2.11. The van der Waals surface area contributed by atoms with E-state index in [2.05, 4.69) is 37.5 Å². The van der Waals surface area contributed by atoms with Crippen LogP contribution in [-0.4, -0.2) is 19.5 Å². The summed E-state index contributed by atoms with van der Waals surface area (Å²) in [5.41, 5.74) is 0.885. The first-order valence-electron chi connectivity index (χ1n) is 6.44. The third-order valence-electron chi connectivity index (χ3n) is 3.66. The van der Waals surface area contributed by atoms with E-state index in [9.17, 15) is 4.79 Å². The van der Waals surface area contributed by atoms with Crippen LogP contribution in [0.2, 0.25) is 0 Å². The number of aryl methyl sites for hydroxylation is 1. The summed E-state index contributed by atoms with van der Waals surface area (Å²) in [6.07, 6.45) is 8.28. The van der Waals surface area contributed by atoms with Crippen molar-refractivity contribution in [2.24, 2.45) is 7.05 Å². The Kier molecular flexibility index (Phi) is 3.42. The highest BCUT2D eigenvalue weighted by Gasteiger charge is 2.23. The lowest BCUT2D eigenvalue weighted by molar-refractivity contribution is 0.686. The van der Waals surface area contributed by atoms with E-state index in [1.807, 2.05) is 17.8 Å². The molecular formula is C13H15IN4O. The molecule has 1 saturated carbocycles. The first-order valence-corrected chi connectivity index (χ1v) is 7.52. The van der Waals surface area contributed by atoms with Crippen molar-refractivity contribution in [2.75, 3.05) is 0 Å². The number of H-pyrrole nitrogens is 1. The Balaban J connectivity index is 2.12.